The number of rotatable bonds is 6. The topological polar surface area (TPSA) is 45.3 Å². The fourth-order valence-electron chi connectivity index (χ4n) is 2.71. The van der Waals surface area contributed by atoms with E-state index >= 15 is 0 Å². The van der Waals surface area contributed by atoms with Gasteiger partial charge >= 0.3 is 0 Å². The van der Waals surface area contributed by atoms with Crippen molar-refractivity contribution in [3.8, 4) is 5.75 Å². The van der Waals surface area contributed by atoms with Crippen LogP contribution in [-0.2, 0) is 11.2 Å². The Balaban J connectivity index is 1.54. The number of benzene rings is 2. The van der Waals surface area contributed by atoms with E-state index in [1.807, 2.05) is 68.7 Å². The van der Waals surface area contributed by atoms with Gasteiger partial charge in [0.05, 0.1) is 13.0 Å². The summed E-state index contributed by atoms with van der Waals surface area (Å²) in [5.41, 5.74) is 3.19. The molecule has 1 N–H and O–H groups in total. The summed E-state index contributed by atoms with van der Waals surface area (Å²) in [7, 11) is 1.82. The van der Waals surface area contributed by atoms with E-state index in [0.717, 1.165) is 27.8 Å². The van der Waals surface area contributed by atoms with Gasteiger partial charge < -0.3 is 14.6 Å². The molecule has 2 aromatic carbocycles. The second-order valence-corrected chi connectivity index (χ2v) is 5.97. The maximum absolute atomic E-state index is 12.4. The summed E-state index contributed by atoms with van der Waals surface area (Å²) in [6, 6.07) is 15.9. The van der Waals surface area contributed by atoms with Crippen LogP contribution in [0.2, 0.25) is 0 Å². The summed E-state index contributed by atoms with van der Waals surface area (Å²) in [6.45, 7) is 3.07. The Labute approximate surface area is 142 Å². The van der Waals surface area contributed by atoms with E-state index in [0.29, 0.717) is 19.6 Å². The average molecular weight is 322 g/mol. The van der Waals surface area contributed by atoms with Gasteiger partial charge in [-0.25, -0.2) is 0 Å². The van der Waals surface area contributed by atoms with Gasteiger partial charge in [-0.15, -0.1) is 0 Å². The summed E-state index contributed by atoms with van der Waals surface area (Å²) < 4.78 is 5.76. The molecule has 3 rings (SSSR count). The first kappa shape index (κ1) is 16.1. The molecule has 0 radical (unpaired) electrons. The van der Waals surface area contributed by atoms with Crippen molar-refractivity contribution in [2.24, 2.45) is 0 Å². The number of aromatic amines is 1. The molecular weight excluding hydrogens is 300 g/mol. The molecule has 0 saturated carbocycles. The Morgan fingerprint density at radius 2 is 1.88 bits per heavy atom. The highest BCUT2D eigenvalue weighted by atomic mass is 16.5. The van der Waals surface area contributed by atoms with Crippen molar-refractivity contribution < 1.29 is 9.53 Å². The SMILES string of the molecule is Cc1ccccc1OCCN(C)C(=O)Cc1c[nH]c2ccccc12. The molecular formula is C20H22N2O2. The fourth-order valence-corrected chi connectivity index (χ4v) is 2.71. The van der Waals surface area contributed by atoms with Crippen LogP contribution in [0.1, 0.15) is 11.1 Å². The molecule has 0 spiro atoms. The van der Waals surface area contributed by atoms with Crippen LogP contribution in [0.25, 0.3) is 10.9 Å². The lowest BCUT2D eigenvalue weighted by Gasteiger charge is -2.18. The third-order valence-corrected chi connectivity index (χ3v) is 4.22. The van der Waals surface area contributed by atoms with Crippen LogP contribution < -0.4 is 4.74 Å². The molecule has 0 unspecified atom stereocenters. The molecule has 124 valence electrons. The fraction of sp³-hybridized carbons (Fsp3) is 0.250. The van der Waals surface area contributed by atoms with Gasteiger partial charge in [-0.3, -0.25) is 4.79 Å². The van der Waals surface area contributed by atoms with Crippen LogP contribution in [0.3, 0.4) is 0 Å². The zero-order valence-electron chi connectivity index (χ0n) is 14.1. The molecule has 0 saturated heterocycles. The van der Waals surface area contributed by atoms with Crippen molar-refractivity contribution in [2.45, 2.75) is 13.3 Å². The van der Waals surface area contributed by atoms with Gasteiger partial charge in [0, 0.05) is 24.1 Å². The molecule has 0 aliphatic carbocycles. The van der Waals surface area contributed by atoms with E-state index in [4.69, 9.17) is 4.74 Å². The molecule has 0 atom stereocenters. The summed E-state index contributed by atoms with van der Waals surface area (Å²) in [6.07, 6.45) is 2.31. The first-order valence-corrected chi connectivity index (χ1v) is 8.12. The highest BCUT2D eigenvalue weighted by Crippen LogP contribution is 2.19. The lowest BCUT2D eigenvalue weighted by molar-refractivity contribution is -0.129. The molecule has 0 bridgehead atoms. The van der Waals surface area contributed by atoms with Crippen molar-refractivity contribution in [1.82, 2.24) is 9.88 Å². The van der Waals surface area contributed by atoms with Gasteiger partial charge in [-0.2, -0.15) is 0 Å². The van der Waals surface area contributed by atoms with Gasteiger partial charge in [-0.1, -0.05) is 36.4 Å². The summed E-state index contributed by atoms with van der Waals surface area (Å²) >= 11 is 0. The number of H-pyrrole nitrogens is 1. The number of aromatic nitrogens is 1. The number of amides is 1. The molecule has 4 heteroatoms. The molecule has 0 aliphatic heterocycles. The first-order valence-electron chi connectivity index (χ1n) is 8.12. The predicted octanol–water partition coefficient (Wildman–Crippen LogP) is 3.56. The molecule has 3 aromatic rings. The molecule has 0 fully saturated rings. The largest absolute Gasteiger partial charge is 0.491 e. The number of likely N-dealkylation sites (N-methyl/N-ethyl adjacent to an activating group) is 1. The highest BCUT2D eigenvalue weighted by molar-refractivity contribution is 5.88. The predicted molar refractivity (Wildman–Crippen MR) is 96.3 cm³/mol. The van der Waals surface area contributed by atoms with Gasteiger partial charge in [0.2, 0.25) is 5.91 Å². The van der Waals surface area contributed by atoms with E-state index in [9.17, 15) is 4.79 Å². The lowest BCUT2D eigenvalue weighted by atomic mass is 10.1. The minimum atomic E-state index is 0.0909. The monoisotopic (exact) mass is 322 g/mol. The summed E-state index contributed by atoms with van der Waals surface area (Å²) in [5.74, 6) is 0.961. The van der Waals surface area contributed by atoms with E-state index < -0.39 is 0 Å². The van der Waals surface area contributed by atoms with Crippen molar-refractivity contribution in [3.05, 3.63) is 65.9 Å². The summed E-state index contributed by atoms with van der Waals surface area (Å²) in [5, 5.41) is 1.11. The number of para-hydroxylation sites is 2. The Kier molecular flexibility index (Phi) is 4.85. The number of carbonyl (C=O) groups is 1. The van der Waals surface area contributed by atoms with Gasteiger partial charge in [0.15, 0.2) is 0 Å². The van der Waals surface area contributed by atoms with Crippen LogP contribution in [0.4, 0.5) is 0 Å². The maximum atomic E-state index is 12.4. The minimum absolute atomic E-state index is 0.0909. The zero-order chi connectivity index (χ0) is 16.9. The number of carbonyl (C=O) groups excluding carboxylic acids is 1. The number of ether oxygens (including phenoxy) is 1. The van der Waals surface area contributed by atoms with Crippen LogP contribution in [-0.4, -0.2) is 36.0 Å². The van der Waals surface area contributed by atoms with Crippen LogP contribution in [0.15, 0.2) is 54.7 Å². The standard InChI is InChI=1S/C20H22N2O2/c1-15-7-3-6-10-19(15)24-12-11-22(2)20(23)13-16-14-21-18-9-5-4-8-17(16)18/h3-10,14,21H,11-13H2,1-2H3. The molecule has 1 amide bonds. The van der Waals surface area contributed by atoms with Crippen LogP contribution in [0.5, 0.6) is 5.75 Å². The van der Waals surface area contributed by atoms with E-state index in [2.05, 4.69) is 4.98 Å². The normalized spacial score (nSPS) is 10.8. The highest BCUT2D eigenvalue weighted by Gasteiger charge is 2.12. The first-order chi connectivity index (χ1) is 11.6. The number of aryl methyl sites for hydroxylation is 1. The number of nitrogens with one attached hydrogen (secondary N) is 1. The summed E-state index contributed by atoms with van der Waals surface area (Å²) in [4.78, 5) is 17.4. The lowest BCUT2D eigenvalue weighted by Crippen LogP contribution is -2.32. The molecule has 1 heterocycles. The quantitative estimate of drug-likeness (QED) is 0.754. The number of hydrogen-bond donors (Lipinski definition) is 1. The third-order valence-electron chi connectivity index (χ3n) is 4.22. The molecule has 4 nitrogen and oxygen atoms in total. The number of fused-ring (bicyclic) bond motifs is 1. The smallest absolute Gasteiger partial charge is 0.226 e. The van der Waals surface area contributed by atoms with E-state index in [1.165, 1.54) is 0 Å². The van der Waals surface area contributed by atoms with Gasteiger partial charge in [0.25, 0.3) is 0 Å². The molecule has 24 heavy (non-hydrogen) atoms. The van der Waals surface area contributed by atoms with Gasteiger partial charge in [0.1, 0.15) is 12.4 Å². The number of nitrogens with zero attached hydrogens (tertiary/aromatic N) is 1. The van der Waals surface area contributed by atoms with Crippen molar-refractivity contribution >= 4 is 16.8 Å². The Hall–Kier alpha value is -2.75. The van der Waals surface area contributed by atoms with E-state index in [-0.39, 0.29) is 5.91 Å². The number of hydrogen-bond acceptors (Lipinski definition) is 2. The van der Waals surface area contributed by atoms with E-state index in [1.54, 1.807) is 4.90 Å². The maximum Gasteiger partial charge on any atom is 0.226 e. The molecule has 1 aromatic heterocycles. The zero-order valence-corrected chi connectivity index (χ0v) is 14.1. The molecule has 0 aliphatic rings. The van der Waals surface area contributed by atoms with Crippen LogP contribution in [0, 0.1) is 6.92 Å². The van der Waals surface area contributed by atoms with Crippen LogP contribution >= 0.6 is 0 Å². The second-order valence-electron chi connectivity index (χ2n) is 5.97. The minimum Gasteiger partial charge on any atom is -0.491 e. The second kappa shape index (κ2) is 7.21. The Bertz CT molecular complexity index is 838. The van der Waals surface area contributed by atoms with Crippen molar-refractivity contribution in [2.75, 3.05) is 20.2 Å². The Morgan fingerprint density at radius 3 is 2.71 bits per heavy atom. The van der Waals surface area contributed by atoms with Gasteiger partial charge in [-0.05, 0) is 30.2 Å². The van der Waals surface area contributed by atoms with Crippen molar-refractivity contribution in [1.29, 1.82) is 0 Å². The Morgan fingerprint density at radius 1 is 1.12 bits per heavy atom. The third kappa shape index (κ3) is 3.59. The van der Waals surface area contributed by atoms with Crippen molar-refractivity contribution in [3.63, 3.8) is 0 Å². The average Bonchev–Trinajstić information content (AvgIpc) is 2.99.